The largest absolute Gasteiger partial charge is 0.468 e. The highest BCUT2D eigenvalue weighted by molar-refractivity contribution is 7.13. The van der Waals surface area contributed by atoms with Gasteiger partial charge in [0.25, 0.3) is 0 Å². The summed E-state index contributed by atoms with van der Waals surface area (Å²) in [5.41, 5.74) is 1.60. The van der Waals surface area contributed by atoms with E-state index >= 15 is 0 Å². The van der Waals surface area contributed by atoms with Gasteiger partial charge in [-0.1, -0.05) is 18.3 Å². The van der Waals surface area contributed by atoms with Crippen molar-refractivity contribution in [1.29, 1.82) is 0 Å². The molecule has 2 atom stereocenters. The summed E-state index contributed by atoms with van der Waals surface area (Å²) in [6.45, 7) is 3.49. The van der Waals surface area contributed by atoms with Gasteiger partial charge in [-0.05, 0) is 37.4 Å². The van der Waals surface area contributed by atoms with Crippen molar-refractivity contribution in [3.63, 3.8) is 0 Å². The molecule has 0 unspecified atom stereocenters. The summed E-state index contributed by atoms with van der Waals surface area (Å²) in [5.74, 6) is 1.52. The lowest BCUT2D eigenvalue weighted by Gasteiger charge is -2.36. The van der Waals surface area contributed by atoms with Gasteiger partial charge in [-0.25, -0.2) is 0 Å². The summed E-state index contributed by atoms with van der Waals surface area (Å²) >= 11 is 1.32. The summed E-state index contributed by atoms with van der Waals surface area (Å²) in [4.78, 5) is 14.3. The third-order valence-electron chi connectivity index (χ3n) is 3.80. The Bertz CT molecular complexity index is 570. The predicted molar refractivity (Wildman–Crippen MR) is 80.0 cm³/mol. The number of furan rings is 1. The first-order valence-electron chi connectivity index (χ1n) is 7.06. The first kappa shape index (κ1) is 14.2. The van der Waals surface area contributed by atoms with Gasteiger partial charge < -0.3 is 4.42 Å². The molecule has 0 spiro atoms. The molecular formula is C14H18N4O2S. The fraction of sp³-hybridized carbons (Fsp3) is 0.500. The molecule has 21 heavy (non-hydrogen) atoms. The zero-order valence-corrected chi connectivity index (χ0v) is 12.7. The molecule has 0 saturated carbocycles. The Kier molecular flexibility index (Phi) is 4.31. The van der Waals surface area contributed by atoms with Crippen LogP contribution in [0.15, 0.2) is 28.3 Å². The van der Waals surface area contributed by atoms with Crippen molar-refractivity contribution in [1.82, 2.24) is 15.1 Å². The Labute approximate surface area is 127 Å². The van der Waals surface area contributed by atoms with Gasteiger partial charge in [-0.3, -0.25) is 15.0 Å². The first-order chi connectivity index (χ1) is 10.2. The maximum Gasteiger partial charge on any atom is 0.240 e. The molecule has 7 heteroatoms. The van der Waals surface area contributed by atoms with Crippen LogP contribution in [0.2, 0.25) is 0 Å². The number of hydrogen-bond donors (Lipinski definition) is 1. The second-order valence-corrected chi connectivity index (χ2v) is 6.26. The van der Waals surface area contributed by atoms with E-state index in [1.807, 2.05) is 12.1 Å². The molecular weight excluding hydrogens is 288 g/mol. The number of amides is 1. The third-order valence-corrected chi connectivity index (χ3v) is 4.41. The molecule has 2 aromatic rings. The molecule has 0 aromatic carbocycles. The van der Waals surface area contributed by atoms with E-state index < -0.39 is 0 Å². The van der Waals surface area contributed by atoms with Crippen molar-refractivity contribution in [2.24, 2.45) is 5.92 Å². The van der Waals surface area contributed by atoms with E-state index in [1.54, 1.807) is 11.8 Å². The van der Waals surface area contributed by atoms with E-state index in [-0.39, 0.29) is 11.9 Å². The smallest absolute Gasteiger partial charge is 0.240 e. The minimum atomic E-state index is -0.0575. The molecule has 3 rings (SSSR count). The maximum atomic E-state index is 12.1. The van der Waals surface area contributed by atoms with E-state index in [1.165, 1.54) is 11.3 Å². The number of anilines is 1. The van der Waals surface area contributed by atoms with Crippen LogP contribution in [0.3, 0.4) is 0 Å². The zero-order chi connectivity index (χ0) is 14.7. The van der Waals surface area contributed by atoms with Crippen LogP contribution >= 0.6 is 11.3 Å². The molecule has 0 aliphatic carbocycles. The van der Waals surface area contributed by atoms with Gasteiger partial charge in [-0.15, -0.1) is 10.2 Å². The van der Waals surface area contributed by atoms with E-state index in [2.05, 4.69) is 27.3 Å². The number of rotatable bonds is 4. The fourth-order valence-electron chi connectivity index (χ4n) is 2.73. The van der Waals surface area contributed by atoms with Crippen LogP contribution in [-0.4, -0.2) is 34.1 Å². The van der Waals surface area contributed by atoms with Crippen LogP contribution < -0.4 is 5.32 Å². The molecule has 0 radical (unpaired) electrons. The predicted octanol–water partition coefficient (Wildman–Crippen LogP) is 2.54. The lowest BCUT2D eigenvalue weighted by molar-refractivity contribution is -0.118. The van der Waals surface area contributed by atoms with Gasteiger partial charge in [0, 0.05) is 0 Å². The Morgan fingerprint density at radius 3 is 3.24 bits per heavy atom. The number of likely N-dealkylation sites (tertiary alicyclic amines) is 1. The van der Waals surface area contributed by atoms with Crippen molar-refractivity contribution in [3.05, 3.63) is 29.7 Å². The highest BCUT2D eigenvalue weighted by atomic mass is 32.1. The molecule has 6 nitrogen and oxygen atoms in total. The van der Waals surface area contributed by atoms with Crippen molar-refractivity contribution in [2.75, 3.05) is 18.4 Å². The van der Waals surface area contributed by atoms with Crippen LogP contribution in [0.1, 0.15) is 31.6 Å². The lowest BCUT2D eigenvalue weighted by Crippen LogP contribution is -2.41. The summed E-state index contributed by atoms with van der Waals surface area (Å²) in [7, 11) is 0. The molecule has 1 N–H and O–H groups in total. The number of piperidine rings is 1. The van der Waals surface area contributed by atoms with E-state index in [9.17, 15) is 4.79 Å². The average Bonchev–Trinajstić information content (AvgIpc) is 3.13. The minimum absolute atomic E-state index is 0.0575. The van der Waals surface area contributed by atoms with Gasteiger partial charge in [-0.2, -0.15) is 0 Å². The van der Waals surface area contributed by atoms with Crippen molar-refractivity contribution < 1.29 is 9.21 Å². The molecule has 1 aliphatic heterocycles. The van der Waals surface area contributed by atoms with Crippen LogP contribution in [-0.2, 0) is 4.79 Å². The van der Waals surface area contributed by atoms with Crippen LogP contribution in [0.25, 0.3) is 0 Å². The number of nitrogens with zero attached hydrogens (tertiary/aromatic N) is 3. The second kappa shape index (κ2) is 6.36. The SMILES string of the molecule is C[C@@H]1CCN(CC(=O)Nc2nncs2)[C@H](c2ccco2)C1. The van der Waals surface area contributed by atoms with E-state index in [4.69, 9.17) is 4.42 Å². The zero-order valence-electron chi connectivity index (χ0n) is 11.9. The molecule has 1 saturated heterocycles. The average molecular weight is 306 g/mol. The number of nitrogens with one attached hydrogen (secondary N) is 1. The van der Waals surface area contributed by atoms with Gasteiger partial charge >= 0.3 is 0 Å². The molecule has 1 amide bonds. The lowest BCUT2D eigenvalue weighted by atomic mass is 9.91. The monoisotopic (exact) mass is 306 g/mol. The number of aromatic nitrogens is 2. The number of hydrogen-bond acceptors (Lipinski definition) is 6. The highest BCUT2D eigenvalue weighted by Crippen LogP contribution is 2.33. The van der Waals surface area contributed by atoms with Crippen molar-refractivity contribution in [3.8, 4) is 0 Å². The number of carbonyl (C=O) groups excluding carboxylic acids is 1. The first-order valence-corrected chi connectivity index (χ1v) is 7.94. The molecule has 1 fully saturated rings. The maximum absolute atomic E-state index is 12.1. The molecule has 3 heterocycles. The summed E-state index contributed by atoms with van der Waals surface area (Å²) in [6.07, 6.45) is 3.80. The van der Waals surface area contributed by atoms with Crippen molar-refractivity contribution >= 4 is 22.4 Å². The number of carbonyl (C=O) groups is 1. The van der Waals surface area contributed by atoms with E-state index in [0.29, 0.717) is 17.6 Å². The van der Waals surface area contributed by atoms with Crippen LogP contribution in [0.4, 0.5) is 5.13 Å². The van der Waals surface area contributed by atoms with Gasteiger partial charge in [0.15, 0.2) is 0 Å². The molecule has 0 bridgehead atoms. The summed E-state index contributed by atoms with van der Waals surface area (Å²) in [6, 6.07) is 4.05. The molecule has 112 valence electrons. The van der Waals surface area contributed by atoms with E-state index in [0.717, 1.165) is 25.1 Å². The highest BCUT2D eigenvalue weighted by Gasteiger charge is 2.30. The summed E-state index contributed by atoms with van der Waals surface area (Å²) in [5, 5.41) is 10.9. The Morgan fingerprint density at radius 1 is 1.62 bits per heavy atom. The fourth-order valence-corrected chi connectivity index (χ4v) is 3.19. The quantitative estimate of drug-likeness (QED) is 0.940. The van der Waals surface area contributed by atoms with Crippen LogP contribution in [0, 0.1) is 5.92 Å². The van der Waals surface area contributed by atoms with Crippen molar-refractivity contribution in [2.45, 2.75) is 25.8 Å². The Morgan fingerprint density at radius 2 is 2.52 bits per heavy atom. The standard InChI is InChI=1S/C14H18N4O2S/c1-10-4-5-18(11(7-10)12-3-2-6-20-12)8-13(19)16-14-17-15-9-21-14/h2-3,6,9-11H,4-5,7-8H2,1H3,(H,16,17,19)/t10-,11+/m1/s1. The van der Waals surface area contributed by atoms with Gasteiger partial charge in [0.1, 0.15) is 11.3 Å². The topological polar surface area (TPSA) is 71.3 Å². The third kappa shape index (κ3) is 3.48. The normalized spacial score (nSPS) is 23.1. The van der Waals surface area contributed by atoms with Crippen LogP contribution in [0.5, 0.6) is 0 Å². The second-order valence-electron chi connectivity index (χ2n) is 5.42. The Balaban J connectivity index is 1.66. The molecule has 2 aromatic heterocycles. The van der Waals surface area contributed by atoms with Gasteiger partial charge in [0.05, 0.1) is 18.8 Å². The van der Waals surface area contributed by atoms with Gasteiger partial charge in [0.2, 0.25) is 11.0 Å². The minimum Gasteiger partial charge on any atom is -0.468 e. The summed E-state index contributed by atoms with van der Waals surface area (Å²) < 4.78 is 5.55. The molecule has 1 aliphatic rings. The Hall–Kier alpha value is -1.73.